The third kappa shape index (κ3) is 5.52. The number of unbranched alkanes of at least 4 members (excludes halogenated alkanes) is 3. The molecule has 2 aromatic carbocycles. The van der Waals surface area contributed by atoms with E-state index in [1.54, 1.807) is 11.3 Å². The Bertz CT molecular complexity index is 1010. The first-order chi connectivity index (χ1) is 15.1. The van der Waals surface area contributed by atoms with Crippen molar-refractivity contribution in [1.82, 2.24) is 4.90 Å². The van der Waals surface area contributed by atoms with Gasteiger partial charge in [-0.15, -0.1) is 11.3 Å². The summed E-state index contributed by atoms with van der Waals surface area (Å²) in [6.07, 6.45) is 7.70. The Labute approximate surface area is 188 Å². The van der Waals surface area contributed by atoms with Gasteiger partial charge >= 0.3 is 0 Å². The number of hydrogen-bond acceptors (Lipinski definition) is 3. The summed E-state index contributed by atoms with van der Waals surface area (Å²) in [7, 11) is 0. The van der Waals surface area contributed by atoms with Crippen molar-refractivity contribution in [2.45, 2.75) is 51.4 Å². The van der Waals surface area contributed by atoms with E-state index in [1.165, 1.54) is 98.1 Å². The minimum absolute atomic E-state index is 0.215. The Morgan fingerprint density at radius 1 is 1.10 bits per heavy atom. The minimum atomic E-state index is -0.340. The quantitative estimate of drug-likeness (QED) is 0.382. The van der Waals surface area contributed by atoms with Gasteiger partial charge in [0.2, 0.25) is 0 Å². The Morgan fingerprint density at radius 2 is 1.87 bits per heavy atom. The molecule has 1 aromatic heterocycles. The number of rotatable bonds is 8. The number of halogens is 1. The predicted octanol–water partition coefficient (Wildman–Crippen LogP) is 7.05. The van der Waals surface area contributed by atoms with E-state index in [-0.39, 0.29) is 11.7 Å². The van der Waals surface area contributed by atoms with Gasteiger partial charge in [0.1, 0.15) is 5.82 Å². The van der Waals surface area contributed by atoms with Crippen LogP contribution in [0, 0.1) is 5.82 Å². The summed E-state index contributed by atoms with van der Waals surface area (Å²) >= 11 is 1.79. The molecule has 164 valence electrons. The van der Waals surface area contributed by atoms with Crippen LogP contribution in [0.1, 0.15) is 67.3 Å². The molecule has 2 heterocycles. The molecule has 0 atom stereocenters. The Morgan fingerprint density at radius 3 is 2.61 bits per heavy atom. The maximum Gasteiger partial charge on any atom is 0.255 e. The molecule has 1 N–H and O–H groups in total. The van der Waals surface area contributed by atoms with Crippen molar-refractivity contribution in [3.63, 3.8) is 0 Å². The van der Waals surface area contributed by atoms with Gasteiger partial charge in [0.15, 0.2) is 0 Å². The van der Waals surface area contributed by atoms with E-state index in [0.717, 1.165) is 5.69 Å². The second-order valence-corrected chi connectivity index (χ2v) is 9.45. The fraction of sp³-hybridized carbons (Fsp3) is 0.423. The Kier molecular flexibility index (Phi) is 7.36. The van der Waals surface area contributed by atoms with Gasteiger partial charge in [-0.05, 0) is 104 Å². The normalized spacial score (nSPS) is 15.4. The van der Waals surface area contributed by atoms with Gasteiger partial charge in [0.25, 0.3) is 5.91 Å². The second-order valence-electron chi connectivity index (χ2n) is 8.54. The van der Waals surface area contributed by atoms with Crippen molar-refractivity contribution >= 4 is 33.0 Å². The van der Waals surface area contributed by atoms with E-state index >= 15 is 0 Å². The van der Waals surface area contributed by atoms with Crippen LogP contribution >= 0.6 is 11.3 Å². The van der Waals surface area contributed by atoms with Crippen molar-refractivity contribution < 1.29 is 9.18 Å². The van der Waals surface area contributed by atoms with E-state index in [0.29, 0.717) is 11.5 Å². The van der Waals surface area contributed by atoms with Crippen LogP contribution in [0.4, 0.5) is 10.1 Å². The minimum Gasteiger partial charge on any atom is -0.322 e. The average molecular weight is 439 g/mol. The van der Waals surface area contributed by atoms with E-state index < -0.39 is 0 Å². The third-order valence-corrected chi connectivity index (χ3v) is 7.30. The summed E-state index contributed by atoms with van der Waals surface area (Å²) in [4.78, 5) is 15.1. The van der Waals surface area contributed by atoms with Crippen LogP contribution in [0.25, 0.3) is 10.1 Å². The Balaban J connectivity index is 1.40. The average Bonchev–Trinajstić information content (AvgIpc) is 3.21. The Hall–Kier alpha value is -2.24. The van der Waals surface area contributed by atoms with Crippen LogP contribution in [-0.4, -0.2) is 30.4 Å². The first kappa shape index (κ1) is 22.0. The number of carbonyl (C=O) groups is 1. The van der Waals surface area contributed by atoms with E-state index in [1.807, 2.05) is 6.07 Å². The SMILES string of the molecule is CCCCCCN1CCC(c2csc3ccc(NC(=O)c4ccc(F)cc4)cc23)CC1. The van der Waals surface area contributed by atoms with Crippen LogP contribution < -0.4 is 5.32 Å². The van der Waals surface area contributed by atoms with Crippen molar-refractivity contribution in [3.05, 3.63) is 64.8 Å². The van der Waals surface area contributed by atoms with Gasteiger partial charge in [-0.1, -0.05) is 26.2 Å². The van der Waals surface area contributed by atoms with Crippen LogP contribution in [0.2, 0.25) is 0 Å². The van der Waals surface area contributed by atoms with Gasteiger partial charge in [-0.2, -0.15) is 0 Å². The molecule has 5 heteroatoms. The van der Waals surface area contributed by atoms with Gasteiger partial charge in [0, 0.05) is 16.0 Å². The van der Waals surface area contributed by atoms with E-state index in [4.69, 9.17) is 0 Å². The topological polar surface area (TPSA) is 32.3 Å². The van der Waals surface area contributed by atoms with Gasteiger partial charge < -0.3 is 10.2 Å². The highest BCUT2D eigenvalue weighted by atomic mass is 32.1. The molecule has 0 radical (unpaired) electrons. The van der Waals surface area contributed by atoms with Crippen LogP contribution in [0.5, 0.6) is 0 Å². The molecular formula is C26H31FN2OS. The summed E-state index contributed by atoms with van der Waals surface area (Å²) in [6, 6.07) is 11.8. The van der Waals surface area contributed by atoms with E-state index in [2.05, 4.69) is 34.7 Å². The molecule has 0 aliphatic carbocycles. The molecule has 1 aliphatic heterocycles. The van der Waals surface area contributed by atoms with E-state index in [9.17, 15) is 9.18 Å². The first-order valence-electron chi connectivity index (χ1n) is 11.4. The molecule has 1 saturated heterocycles. The van der Waals surface area contributed by atoms with Crippen molar-refractivity contribution in [2.24, 2.45) is 0 Å². The van der Waals surface area contributed by atoms with Crippen LogP contribution in [0.3, 0.4) is 0 Å². The monoisotopic (exact) mass is 438 g/mol. The predicted molar refractivity (Wildman–Crippen MR) is 129 cm³/mol. The molecule has 1 aliphatic rings. The standard InChI is InChI=1S/C26H31FN2OS/c1-2-3-4-5-14-29-15-12-19(13-16-29)24-18-31-25-11-10-22(17-23(24)25)28-26(30)20-6-8-21(27)9-7-20/h6-11,17-19H,2-5,12-16H2,1H3,(H,28,30). The lowest BCUT2D eigenvalue weighted by Crippen LogP contribution is -2.33. The summed E-state index contributed by atoms with van der Waals surface area (Å²) < 4.78 is 14.4. The summed E-state index contributed by atoms with van der Waals surface area (Å²) in [6.45, 7) is 5.84. The fourth-order valence-corrected chi connectivity index (χ4v) is 5.50. The first-order valence-corrected chi connectivity index (χ1v) is 12.3. The third-order valence-electron chi connectivity index (χ3n) is 6.32. The summed E-state index contributed by atoms with van der Waals surface area (Å²) in [5, 5.41) is 6.52. The zero-order valence-corrected chi connectivity index (χ0v) is 19.0. The lowest BCUT2D eigenvalue weighted by molar-refractivity contribution is 0.102. The molecule has 4 rings (SSSR count). The highest BCUT2D eigenvalue weighted by Crippen LogP contribution is 2.38. The lowest BCUT2D eigenvalue weighted by atomic mass is 9.89. The molecule has 31 heavy (non-hydrogen) atoms. The second kappa shape index (κ2) is 10.4. The number of thiophene rings is 1. The number of piperidine rings is 1. The number of fused-ring (bicyclic) bond motifs is 1. The van der Waals surface area contributed by atoms with Gasteiger partial charge in [-0.3, -0.25) is 4.79 Å². The number of anilines is 1. The highest BCUT2D eigenvalue weighted by Gasteiger charge is 2.23. The maximum absolute atomic E-state index is 13.1. The fourth-order valence-electron chi connectivity index (χ4n) is 4.48. The smallest absolute Gasteiger partial charge is 0.255 e. The molecule has 3 nitrogen and oxygen atoms in total. The summed E-state index contributed by atoms with van der Waals surface area (Å²) in [5.41, 5.74) is 2.66. The number of hydrogen-bond donors (Lipinski definition) is 1. The van der Waals surface area contributed by atoms with Crippen molar-refractivity contribution in [1.29, 1.82) is 0 Å². The molecule has 0 saturated carbocycles. The molecule has 1 fully saturated rings. The van der Waals surface area contributed by atoms with Crippen molar-refractivity contribution in [2.75, 3.05) is 25.0 Å². The van der Waals surface area contributed by atoms with Crippen molar-refractivity contribution in [3.8, 4) is 0 Å². The van der Waals surface area contributed by atoms with Gasteiger partial charge in [0.05, 0.1) is 0 Å². The molecule has 0 unspecified atom stereocenters. The number of nitrogens with one attached hydrogen (secondary N) is 1. The number of likely N-dealkylation sites (tertiary alicyclic amines) is 1. The zero-order chi connectivity index (χ0) is 21.6. The molecule has 0 spiro atoms. The highest BCUT2D eigenvalue weighted by molar-refractivity contribution is 7.17. The lowest BCUT2D eigenvalue weighted by Gasteiger charge is -2.32. The summed E-state index contributed by atoms with van der Waals surface area (Å²) in [5.74, 6) is 0.0316. The number of amides is 1. The van der Waals surface area contributed by atoms with Crippen LogP contribution in [0.15, 0.2) is 47.8 Å². The van der Waals surface area contributed by atoms with Crippen LogP contribution in [-0.2, 0) is 0 Å². The molecule has 0 bridgehead atoms. The number of nitrogens with zero attached hydrogens (tertiary/aromatic N) is 1. The molecular weight excluding hydrogens is 407 g/mol. The number of carbonyl (C=O) groups excluding carboxylic acids is 1. The molecule has 3 aromatic rings. The zero-order valence-electron chi connectivity index (χ0n) is 18.2. The maximum atomic E-state index is 13.1. The largest absolute Gasteiger partial charge is 0.322 e. The van der Waals surface area contributed by atoms with Gasteiger partial charge in [-0.25, -0.2) is 4.39 Å². The molecule has 1 amide bonds. The number of benzene rings is 2.